The lowest BCUT2D eigenvalue weighted by atomic mass is 10.1. The standard InChI is InChI=1S/C19H37N5O2/c1-5-20-19(22-16(4)10-9-14-23(6-2)7-3)21-13-15-24-17(25)11-8-12-18(24)26/h16H,5-15H2,1-4H3,(H2,20,21,22). The molecule has 1 heterocycles. The minimum absolute atomic E-state index is 0.0702. The number of amides is 2. The van der Waals surface area contributed by atoms with Crippen LogP contribution in [0.25, 0.3) is 0 Å². The van der Waals surface area contributed by atoms with Crippen molar-refractivity contribution in [1.29, 1.82) is 0 Å². The maximum Gasteiger partial charge on any atom is 0.229 e. The first-order valence-corrected chi connectivity index (χ1v) is 10.1. The molecule has 0 bridgehead atoms. The largest absolute Gasteiger partial charge is 0.357 e. The third kappa shape index (κ3) is 8.17. The van der Waals surface area contributed by atoms with Crippen LogP contribution >= 0.6 is 0 Å². The molecule has 0 radical (unpaired) electrons. The van der Waals surface area contributed by atoms with E-state index in [1.54, 1.807) is 0 Å². The summed E-state index contributed by atoms with van der Waals surface area (Å²) < 4.78 is 0. The predicted octanol–water partition coefficient (Wildman–Crippen LogP) is 1.59. The Hall–Kier alpha value is -1.63. The summed E-state index contributed by atoms with van der Waals surface area (Å²) >= 11 is 0. The van der Waals surface area contributed by atoms with Gasteiger partial charge >= 0.3 is 0 Å². The highest BCUT2D eigenvalue weighted by Crippen LogP contribution is 2.11. The molecule has 0 aromatic heterocycles. The van der Waals surface area contributed by atoms with E-state index < -0.39 is 0 Å². The molecule has 2 N–H and O–H groups in total. The molecule has 1 atom stereocenters. The monoisotopic (exact) mass is 367 g/mol. The van der Waals surface area contributed by atoms with Gasteiger partial charge in [0.25, 0.3) is 0 Å². The second-order valence-electron chi connectivity index (χ2n) is 6.77. The molecule has 1 rings (SSSR count). The first-order chi connectivity index (χ1) is 12.5. The van der Waals surface area contributed by atoms with Gasteiger partial charge in [-0.25, -0.2) is 0 Å². The molecule has 0 saturated carbocycles. The van der Waals surface area contributed by atoms with Crippen molar-refractivity contribution in [2.24, 2.45) is 4.99 Å². The number of aliphatic imine (C=N–C) groups is 1. The summed E-state index contributed by atoms with van der Waals surface area (Å²) in [5, 5.41) is 6.66. The van der Waals surface area contributed by atoms with Crippen LogP contribution in [0.4, 0.5) is 0 Å². The second-order valence-corrected chi connectivity index (χ2v) is 6.77. The molecule has 1 saturated heterocycles. The Morgan fingerprint density at radius 2 is 1.85 bits per heavy atom. The van der Waals surface area contributed by atoms with Gasteiger partial charge in [-0.3, -0.25) is 19.5 Å². The predicted molar refractivity (Wildman–Crippen MR) is 106 cm³/mol. The van der Waals surface area contributed by atoms with Crippen LogP contribution in [0.5, 0.6) is 0 Å². The van der Waals surface area contributed by atoms with Gasteiger partial charge in [0, 0.05) is 32.0 Å². The Labute approximate surface area is 158 Å². The van der Waals surface area contributed by atoms with E-state index in [0.717, 1.165) is 45.0 Å². The van der Waals surface area contributed by atoms with Crippen molar-refractivity contribution >= 4 is 17.8 Å². The Morgan fingerprint density at radius 3 is 2.42 bits per heavy atom. The van der Waals surface area contributed by atoms with E-state index in [2.05, 4.69) is 41.3 Å². The lowest BCUT2D eigenvalue weighted by Crippen LogP contribution is -2.44. The van der Waals surface area contributed by atoms with E-state index in [1.165, 1.54) is 4.90 Å². The summed E-state index contributed by atoms with van der Waals surface area (Å²) in [4.78, 5) is 32.0. The molecule has 0 aliphatic carbocycles. The smallest absolute Gasteiger partial charge is 0.229 e. The van der Waals surface area contributed by atoms with E-state index in [4.69, 9.17) is 0 Å². The fraction of sp³-hybridized carbons (Fsp3) is 0.842. The highest BCUT2D eigenvalue weighted by Gasteiger charge is 2.25. The molecule has 7 heteroatoms. The molecule has 1 fully saturated rings. The molecule has 7 nitrogen and oxygen atoms in total. The maximum atomic E-state index is 11.8. The third-order valence-corrected chi connectivity index (χ3v) is 4.71. The minimum Gasteiger partial charge on any atom is -0.357 e. The van der Waals surface area contributed by atoms with E-state index in [-0.39, 0.29) is 11.8 Å². The normalized spacial score (nSPS) is 17.0. The van der Waals surface area contributed by atoms with Gasteiger partial charge in [-0.2, -0.15) is 0 Å². The van der Waals surface area contributed by atoms with Gasteiger partial charge in [0.15, 0.2) is 5.96 Å². The number of rotatable bonds is 11. The molecule has 0 aromatic rings. The van der Waals surface area contributed by atoms with E-state index >= 15 is 0 Å². The highest BCUT2D eigenvalue weighted by atomic mass is 16.2. The Bertz CT molecular complexity index is 447. The van der Waals surface area contributed by atoms with Crippen LogP contribution in [0.15, 0.2) is 4.99 Å². The van der Waals surface area contributed by atoms with Crippen molar-refractivity contribution in [3.05, 3.63) is 0 Å². The second kappa shape index (κ2) is 12.7. The number of carbonyl (C=O) groups excluding carboxylic acids is 2. The molecule has 1 aliphatic rings. The zero-order valence-electron chi connectivity index (χ0n) is 17.0. The average Bonchev–Trinajstić information content (AvgIpc) is 2.61. The number of likely N-dealkylation sites (tertiary alicyclic amines) is 1. The topological polar surface area (TPSA) is 77.0 Å². The van der Waals surface area contributed by atoms with Crippen molar-refractivity contribution in [2.75, 3.05) is 39.3 Å². The summed E-state index contributed by atoms with van der Waals surface area (Å²) in [6.07, 6.45) is 3.83. The summed E-state index contributed by atoms with van der Waals surface area (Å²) in [5.41, 5.74) is 0. The molecular formula is C19H37N5O2. The first kappa shape index (κ1) is 22.4. The Kier molecular flexibility index (Phi) is 10.9. The van der Waals surface area contributed by atoms with Crippen LogP contribution in [-0.4, -0.2) is 72.9 Å². The van der Waals surface area contributed by atoms with Crippen molar-refractivity contribution in [3.63, 3.8) is 0 Å². The summed E-state index contributed by atoms with van der Waals surface area (Å²) in [5.74, 6) is 0.609. The van der Waals surface area contributed by atoms with Crippen molar-refractivity contribution in [3.8, 4) is 0 Å². The van der Waals surface area contributed by atoms with Gasteiger partial charge in [-0.05, 0) is 52.7 Å². The van der Waals surface area contributed by atoms with Crippen LogP contribution in [0.1, 0.15) is 59.8 Å². The van der Waals surface area contributed by atoms with Gasteiger partial charge in [-0.1, -0.05) is 13.8 Å². The van der Waals surface area contributed by atoms with Crippen molar-refractivity contribution in [2.45, 2.75) is 65.8 Å². The summed E-state index contributed by atoms with van der Waals surface area (Å²) in [7, 11) is 0. The van der Waals surface area contributed by atoms with E-state index in [1.807, 2.05) is 6.92 Å². The first-order valence-electron chi connectivity index (χ1n) is 10.1. The number of hydrogen-bond donors (Lipinski definition) is 2. The number of hydrogen-bond acceptors (Lipinski definition) is 4. The number of piperidine rings is 1. The fourth-order valence-corrected chi connectivity index (χ4v) is 3.10. The lowest BCUT2D eigenvalue weighted by Gasteiger charge is -2.24. The van der Waals surface area contributed by atoms with Crippen LogP contribution < -0.4 is 10.6 Å². The molecule has 1 unspecified atom stereocenters. The third-order valence-electron chi connectivity index (χ3n) is 4.71. The van der Waals surface area contributed by atoms with Crippen molar-refractivity contribution < 1.29 is 9.59 Å². The fourth-order valence-electron chi connectivity index (χ4n) is 3.10. The Balaban J connectivity index is 2.42. The summed E-state index contributed by atoms with van der Waals surface area (Å²) in [6, 6.07) is 0.321. The van der Waals surface area contributed by atoms with Crippen LogP contribution in [0, 0.1) is 0 Å². The molecule has 0 spiro atoms. The summed E-state index contributed by atoms with van der Waals surface area (Å²) in [6.45, 7) is 13.5. The molecule has 2 amide bonds. The number of carbonyl (C=O) groups is 2. The minimum atomic E-state index is -0.0702. The maximum absolute atomic E-state index is 11.8. The van der Waals surface area contributed by atoms with Crippen LogP contribution in [-0.2, 0) is 9.59 Å². The van der Waals surface area contributed by atoms with Crippen LogP contribution in [0.2, 0.25) is 0 Å². The van der Waals surface area contributed by atoms with E-state index in [9.17, 15) is 9.59 Å². The molecule has 150 valence electrons. The van der Waals surface area contributed by atoms with Gasteiger partial charge in [0.2, 0.25) is 11.8 Å². The van der Waals surface area contributed by atoms with Gasteiger partial charge in [0.1, 0.15) is 0 Å². The number of nitrogens with one attached hydrogen (secondary N) is 2. The van der Waals surface area contributed by atoms with Crippen LogP contribution in [0.3, 0.4) is 0 Å². The molecule has 26 heavy (non-hydrogen) atoms. The molecule has 0 aromatic carbocycles. The van der Waals surface area contributed by atoms with Gasteiger partial charge in [0.05, 0.1) is 6.54 Å². The van der Waals surface area contributed by atoms with Crippen molar-refractivity contribution in [1.82, 2.24) is 20.4 Å². The van der Waals surface area contributed by atoms with Gasteiger partial charge in [-0.15, -0.1) is 0 Å². The quantitative estimate of drug-likeness (QED) is 0.329. The van der Waals surface area contributed by atoms with E-state index in [0.29, 0.717) is 38.4 Å². The Morgan fingerprint density at radius 1 is 1.19 bits per heavy atom. The highest BCUT2D eigenvalue weighted by molar-refractivity contribution is 5.97. The lowest BCUT2D eigenvalue weighted by molar-refractivity contribution is -0.147. The number of nitrogens with zero attached hydrogens (tertiary/aromatic N) is 3. The molecule has 1 aliphatic heterocycles. The SMILES string of the molecule is CCNC(=NCCN1C(=O)CCCC1=O)NC(C)CCCN(CC)CC. The zero-order valence-corrected chi connectivity index (χ0v) is 17.0. The molecular weight excluding hydrogens is 330 g/mol. The average molecular weight is 368 g/mol. The van der Waals surface area contributed by atoms with Gasteiger partial charge < -0.3 is 15.5 Å². The number of guanidine groups is 1. The number of imide groups is 1. The zero-order chi connectivity index (χ0) is 19.4.